The molecule has 0 radical (unpaired) electrons. The number of nitrogens with two attached hydrogens (primary N) is 1. The summed E-state index contributed by atoms with van der Waals surface area (Å²) in [6.45, 7) is 6.83. The Morgan fingerprint density at radius 1 is 0.500 bits per heavy atom. The molecule has 3 N–H and O–H groups in total. The van der Waals surface area contributed by atoms with E-state index in [2.05, 4.69) is 26.2 Å². The zero-order chi connectivity index (χ0) is 17.9. The summed E-state index contributed by atoms with van der Waals surface area (Å²) in [5.74, 6) is 5.88. The molecule has 0 heterocycles. The summed E-state index contributed by atoms with van der Waals surface area (Å²) < 4.78 is 0. The van der Waals surface area contributed by atoms with Crippen molar-refractivity contribution in [3.63, 3.8) is 0 Å². The van der Waals surface area contributed by atoms with Gasteiger partial charge in [-0.15, -0.1) is 0 Å². The number of hydrazine groups is 1. The maximum absolute atomic E-state index is 5.88. The first-order valence-electron chi connectivity index (χ1n) is 11.2. The Labute approximate surface area is 153 Å². The van der Waals surface area contributed by atoms with Gasteiger partial charge in [0.1, 0.15) is 0 Å². The standard InChI is InChI=1S/C22H48N2/c1-4-7-8-9-10-11-12-13-14-15-16-17-18-21-22(24-23,19-5-2)20-6-3/h24H,4-21,23H2,1-3H3. The van der Waals surface area contributed by atoms with Gasteiger partial charge in [-0.3, -0.25) is 11.3 Å². The number of rotatable bonds is 19. The Hall–Kier alpha value is -0.0800. The molecule has 0 spiro atoms. The molecule has 0 aliphatic rings. The van der Waals surface area contributed by atoms with Crippen molar-refractivity contribution in [2.45, 2.75) is 142 Å². The minimum atomic E-state index is 0.210. The van der Waals surface area contributed by atoms with Gasteiger partial charge in [-0.25, -0.2) is 0 Å². The van der Waals surface area contributed by atoms with Crippen molar-refractivity contribution in [2.75, 3.05) is 0 Å². The number of hydrogen-bond acceptors (Lipinski definition) is 2. The lowest BCUT2D eigenvalue weighted by atomic mass is 9.84. The van der Waals surface area contributed by atoms with Crippen molar-refractivity contribution in [3.8, 4) is 0 Å². The predicted molar refractivity (Wildman–Crippen MR) is 110 cm³/mol. The average Bonchev–Trinajstić information content (AvgIpc) is 2.59. The van der Waals surface area contributed by atoms with Crippen LogP contribution in [0.1, 0.15) is 136 Å². The Morgan fingerprint density at radius 2 is 0.875 bits per heavy atom. The molecule has 0 aromatic heterocycles. The van der Waals surface area contributed by atoms with E-state index < -0.39 is 0 Å². The lowest BCUT2D eigenvalue weighted by Gasteiger charge is -2.33. The highest BCUT2D eigenvalue weighted by atomic mass is 15.3. The number of unbranched alkanes of at least 4 members (excludes halogenated alkanes) is 12. The average molecular weight is 341 g/mol. The molecule has 0 aliphatic heterocycles. The van der Waals surface area contributed by atoms with E-state index >= 15 is 0 Å². The van der Waals surface area contributed by atoms with E-state index in [1.807, 2.05) is 0 Å². The predicted octanol–water partition coefficient (Wildman–Crippen LogP) is 7.27. The van der Waals surface area contributed by atoms with Crippen LogP contribution < -0.4 is 11.3 Å². The summed E-state index contributed by atoms with van der Waals surface area (Å²) in [6.07, 6.45) is 24.7. The quantitative estimate of drug-likeness (QED) is 0.147. The minimum Gasteiger partial charge on any atom is -0.271 e. The van der Waals surface area contributed by atoms with Crippen molar-refractivity contribution in [2.24, 2.45) is 5.84 Å². The summed E-state index contributed by atoms with van der Waals surface area (Å²) in [5, 5.41) is 0. The Morgan fingerprint density at radius 3 is 1.21 bits per heavy atom. The highest BCUT2D eigenvalue weighted by Crippen LogP contribution is 2.26. The Balaban J connectivity index is 3.45. The van der Waals surface area contributed by atoms with Crippen LogP contribution in [0.3, 0.4) is 0 Å². The minimum absolute atomic E-state index is 0.210. The van der Waals surface area contributed by atoms with E-state index in [1.165, 1.54) is 116 Å². The molecule has 24 heavy (non-hydrogen) atoms. The molecule has 0 fully saturated rings. The second-order valence-corrected chi connectivity index (χ2v) is 7.92. The fourth-order valence-electron chi connectivity index (χ4n) is 4.03. The van der Waals surface area contributed by atoms with Gasteiger partial charge in [-0.1, -0.05) is 117 Å². The topological polar surface area (TPSA) is 38.0 Å². The normalized spacial score (nSPS) is 12.0. The van der Waals surface area contributed by atoms with E-state index in [0.29, 0.717) is 0 Å². The largest absolute Gasteiger partial charge is 0.271 e. The van der Waals surface area contributed by atoms with Crippen molar-refractivity contribution >= 4 is 0 Å². The highest BCUT2D eigenvalue weighted by Gasteiger charge is 2.25. The third-order valence-corrected chi connectivity index (χ3v) is 5.52. The first-order valence-corrected chi connectivity index (χ1v) is 11.2. The van der Waals surface area contributed by atoms with Crippen molar-refractivity contribution in [1.29, 1.82) is 0 Å². The van der Waals surface area contributed by atoms with Gasteiger partial charge < -0.3 is 0 Å². The molecule has 0 aromatic carbocycles. The summed E-state index contributed by atoms with van der Waals surface area (Å²) in [6, 6.07) is 0. The van der Waals surface area contributed by atoms with Gasteiger partial charge in [-0.05, 0) is 19.3 Å². The van der Waals surface area contributed by atoms with Gasteiger partial charge >= 0.3 is 0 Å². The summed E-state index contributed by atoms with van der Waals surface area (Å²) in [5.41, 5.74) is 3.37. The van der Waals surface area contributed by atoms with Gasteiger partial charge in [0, 0.05) is 5.54 Å². The third kappa shape index (κ3) is 13.2. The van der Waals surface area contributed by atoms with Crippen LogP contribution in [0.5, 0.6) is 0 Å². The van der Waals surface area contributed by atoms with Gasteiger partial charge in [-0.2, -0.15) is 0 Å². The molecule has 2 nitrogen and oxygen atoms in total. The fraction of sp³-hybridized carbons (Fsp3) is 1.00. The lowest BCUT2D eigenvalue weighted by molar-refractivity contribution is 0.250. The Bertz CT molecular complexity index is 234. The summed E-state index contributed by atoms with van der Waals surface area (Å²) >= 11 is 0. The van der Waals surface area contributed by atoms with Crippen LogP contribution in [0.15, 0.2) is 0 Å². The zero-order valence-electron chi connectivity index (χ0n) is 17.3. The molecule has 0 aliphatic carbocycles. The smallest absolute Gasteiger partial charge is 0.0321 e. The molecule has 0 rings (SSSR count). The van der Waals surface area contributed by atoms with E-state index in [-0.39, 0.29) is 5.54 Å². The van der Waals surface area contributed by atoms with Gasteiger partial charge in [0.15, 0.2) is 0 Å². The van der Waals surface area contributed by atoms with Gasteiger partial charge in [0.2, 0.25) is 0 Å². The third-order valence-electron chi connectivity index (χ3n) is 5.52. The molecule has 0 amide bonds. The van der Waals surface area contributed by atoms with Gasteiger partial charge in [0.05, 0.1) is 0 Å². The van der Waals surface area contributed by atoms with Crippen LogP contribution >= 0.6 is 0 Å². The number of nitrogens with one attached hydrogen (secondary N) is 1. The number of hydrogen-bond donors (Lipinski definition) is 2. The first-order chi connectivity index (χ1) is 11.7. The molecule has 0 saturated carbocycles. The summed E-state index contributed by atoms with van der Waals surface area (Å²) in [7, 11) is 0. The SMILES string of the molecule is CCCCCCCCCCCCCCCC(CCC)(CCC)NN. The highest BCUT2D eigenvalue weighted by molar-refractivity contribution is 4.85. The maximum atomic E-state index is 5.88. The van der Waals surface area contributed by atoms with Crippen molar-refractivity contribution in [1.82, 2.24) is 5.43 Å². The van der Waals surface area contributed by atoms with Crippen molar-refractivity contribution < 1.29 is 0 Å². The van der Waals surface area contributed by atoms with Gasteiger partial charge in [0.25, 0.3) is 0 Å². The molecule has 0 aromatic rings. The summed E-state index contributed by atoms with van der Waals surface area (Å²) in [4.78, 5) is 0. The van der Waals surface area contributed by atoms with Crippen LogP contribution in [-0.2, 0) is 0 Å². The molecule has 0 unspecified atom stereocenters. The van der Waals surface area contributed by atoms with Crippen LogP contribution in [0.25, 0.3) is 0 Å². The van der Waals surface area contributed by atoms with Crippen LogP contribution in [0, 0.1) is 0 Å². The molecule has 0 saturated heterocycles. The zero-order valence-corrected chi connectivity index (χ0v) is 17.3. The second-order valence-electron chi connectivity index (χ2n) is 7.92. The monoisotopic (exact) mass is 340 g/mol. The van der Waals surface area contributed by atoms with Crippen LogP contribution in [0.2, 0.25) is 0 Å². The molecular formula is C22H48N2. The molecule has 0 bridgehead atoms. The van der Waals surface area contributed by atoms with E-state index in [0.717, 1.165) is 0 Å². The van der Waals surface area contributed by atoms with E-state index in [4.69, 9.17) is 5.84 Å². The van der Waals surface area contributed by atoms with Crippen LogP contribution in [-0.4, -0.2) is 5.54 Å². The first kappa shape index (κ1) is 23.9. The maximum Gasteiger partial charge on any atom is 0.0321 e. The molecule has 146 valence electrons. The molecule has 0 atom stereocenters. The lowest BCUT2D eigenvalue weighted by Crippen LogP contribution is -2.49. The second kappa shape index (κ2) is 17.7. The molecular weight excluding hydrogens is 292 g/mol. The van der Waals surface area contributed by atoms with Crippen LogP contribution in [0.4, 0.5) is 0 Å². The Kier molecular flexibility index (Phi) is 17.7. The van der Waals surface area contributed by atoms with E-state index in [9.17, 15) is 0 Å². The van der Waals surface area contributed by atoms with Crippen molar-refractivity contribution in [3.05, 3.63) is 0 Å². The molecule has 2 heteroatoms. The fourth-order valence-corrected chi connectivity index (χ4v) is 4.03. The van der Waals surface area contributed by atoms with E-state index in [1.54, 1.807) is 0 Å².